The highest BCUT2D eigenvalue weighted by atomic mass is 16.4. The molecule has 1 N–H and O–H groups in total. The number of benzene rings is 1. The molecule has 5 nitrogen and oxygen atoms in total. The zero-order chi connectivity index (χ0) is 12.5. The first-order valence-electron chi connectivity index (χ1n) is 5.29. The fraction of sp³-hybridized carbons (Fsp3) is 0. The molecule has 0 aliphatic heterocycles. The van der Waals surface area contributed by atoms with Gasteiger partial charge >= 0.3 is 5.97 Å². The van der Waals surface area contributed by atoms with Crippen molar-refractivity contribution in [1.82, 2.24) is 9.97 Å². The Labute approximate surface area is 102 Å². The average Bonchev–Trinajstić information content (AvgIpc) is 2.82. The van der Waals surface area contributed by atoms with Crippen molar-refractivity contribution in [2.45, 2.75) is 0 Å². The molecule has 5 heteroatoms. The van der Waals surface area contributed by atoms with Gasteiger partial charge in [0.05, 0.1) is 5.56 Å². The lowest BCUT2D eigenvalue weighted by molar-refractivity contribution is 0.0696. The van der Waals surface area contributed by atoms with Gasteiger partial charge in [0.15, 0.2) is 11.2 Å². The summed E-state index contributed by atoms with van der Waals surface area (Å²) in [6.07, 6.45) is 1.27. The monoisotopic (exact) mass is 240 g/mol. The van der Waals surface area contributed by atoms with Gasteiger partial charge in [-0.2, -0.15) is 4.98 Å². The molecular formula is C13H8N2O3. The standard InChI is InChI=1S/C13H8N2O3/c16-13(17)9-6-10-11(14-7-9)15-12(18-10)8-4-2-1-3-5-8/h1-7H,(H,16,17). The van der Waals surface area contributed by atoms with Gasteiger partial charge in [-0.25, -0.2) is 9.78 Å². The summed E-state index contributed by atoms with van der Waals surface area (Å²) in [5.41, 5.74) is 1.68. The van der Waals surface area contributed by atoms with Gasteiger partial charge in [-0.05, 0) is 12.1 Å². The van der Waals surface area contributed by atoms with E-state index in [0.29, 0.717) is 17.1 Å². The van der Waals surface area contributed by atoms with Crippen LogP contribution in [0.3, 0.4) is 0 Å². The molecule has 0 bridgehead atoms. The van der Waals surface area contributed by atoms with Crippen LogP contribution in [0.1, 0.15) is 10.4 Å². The topological polar surface area (TPSA) is 76.2 Å². The minimum atomic E-state index is -1.04. The third-order valence-electron chi connectivity index (χ3n) is 2.51. The Kier molecular flexibility index (Phi) is 2.30. The Hall–Kier alpha value is -2.69. The summed E-state index contributed by atoms with van der Waals surface area (Å²) in [4.78, 5) is 19.0. The minimum Gasteiger partial charge on any atom is -0.478 e. The van der Waals surface area contributed by atoms with Crippen molar-refractivity contribution in [2.24, 2.45) is 0 Å². The van der Waals surface area contributed by atoms with E-state index in [4.69, 9.17) is 9.52 Å². The van der Waals surface area contributed by atoms with Crippen LogP contribution >= 0.6 is 0 Å². The number of oxazole rings is 1. The van der Waals surface area contributed by atoms with E-state index in [2.05, 4.69) is 9.97 Å². The molecule has 0 radical (unpaired) electrons. The number of aromatic carboxylic acids is 1. The lowest BCUT2D eigenvalue weighted by atomic mass is 10.2. The van der Waals surface area contributed by atoms with Crippen molar-refractivity contribution in [3.05, 3.63) is 48.2 Å². The maximum Gasteiger partial charge on any atom is 0.337 e. The van der Waals surface area contributed by atoms with E-state index in [1.807, 2.05) is 30.3 Å². The molecular weight excluding hydrogens is 232 g/mol. The zero-order valence-corrected chi connectivity index (χ0v) is 9.20. The quantitative estimate of drug-likeness (QED) is 0.745. The summed E-state index contributed by atoms with van der Waals surface area (Å²) in [6, 6.07) is 10.8. The first-order valence-corrected chi connectivity index (χ1v) is 5.29. The largest absolute Gasteiger partial charge is 0.478 e. The fourth-order valence-electron chi connectivity index (χ4n) is 1.64. The molecule has 0 saturated heterocycles. The molecule has 88 valence electrons. The maximum absolute atomic E-state index is 10.8. The molecule has 0 unspecified atom stereocenters. The van der Waals surface area contributed by atoms with Crippen LogP contribution in [0.25, 0.3) is 22.7 Å². The molecule has 0 amide bonds. The summed E-state index contributed by atoms with van der Waals surface area (Å²) in [7, 11) is 0. The molecule has 1 aromatic carbocycles. The Morgan fingerprint density at radius 2 is 2.00 bits per heavy atom. The second-order valence-electron chi connectivity index (χ2n) is 3.74. The molecule has 0 aliphatic rings. The molecule has 0 atom stereocenters. The van der Waals surface area contributed by atoms with Crippen LogP contribution in [-0.2, 0) is 0 Å². The van der Waals surface area contributed by atoms with Crippen LogP contribution in [0.2, 0.25) is 0 Å². The van der Waals surface area contributed by atoms with Gasteiger partial charge in [-0.3, -0.25) is 0 Å². The predicted octanol–water partition coefficient (Wildman–Crippen LogP) is 2.59. The third kappa shape index (κ3) is 1.71. The van der Waals surface area contributed by atoms with Crippen LogP contribution in [0.15, 0.2) is 47.0 Å². The third-order valence-corrected chi connectivity index (χ3v) is 2.51. The van der Waals surface area contributed by atoms with Gasteiger partial charge in [0, 0.05) is 17.8 Å². The van der Waals surface area contributed by atoms with E-state index in [-0.39, 0.29) is 5.56 Å². The fourth-order valence-corrected chi connectivity index (χ4v) is 1.64. The molecule has 0 saturated carbocycles. The van der Waals surface area contributed by atoms with E-state index in [9.17, 15) is 4.79 Å². The van der Waals surface area contributed by atoms with Crippen molar-refractivity contribution >= 4 is 17.2 Å². The van der Waals surface area contributed by atoms with E-state index < -0.39 is 5.97 Å². The molecule has 2 heterocycles. The first kappa shape index (κ1) is 10.5. The summed E-state index contributed by atoms with van der Waals surface area (Å²) < 4.78 is 5.51. The number of nitrogens with zero attached hydrogens (tertiary/aromatic N) is 2. The predicted molar refractivity (Wildman–Crippen MR) is 64.2 cm³/mol. The molecule has 0 fully saturated rings. The molecule has 3 aromatic rings. The average molecular weight is 240 g/mol. The maximum atomic E-state index is 10.8. The van der Waals surface area contributed by atoms with E-state index in [1.54, 1.807) is 0 Å². The summed E-state index contributed by atoms with van der Waals surface area (Å²) in [6.45, 7) is 0. The number of pyridine rings is 1. The normalized spacial score (nSPS) is 10.7. The van der Waals surface area contributed by atoms with Gasteiger partial charge in [-0.15, -0.1) is 0 Å². The van der Waals surface area contributed by atoms with Crippen molar-refractivity contribution in [2.75, 3.05) is 0 Å². The Morgan fingerprint density at radius 3 is 2.72 bits per heavy atom. The van der Waals surface area contributed by atoms with Crippen molar-refractivity contribution in [3.8, 4) is 11.5 Å². The van der Waals surface area contributed by atoms with Crippen LogP contribution in [-0.4, -0.2) is 21.0 Å². The Morgan fingerprint density at radius 1 is 1.22 bits per heavy atom. The summed E-state index contributed by atoms with van der Waals surface area (Å²) >= 11 is 0. The Bertz CT molecular complexity index is 719. The molecule has 2 aromatic heterocycles. The van der Waals surface area contributed by atoms with Crippen LogP contribution in [0.5, 0.6) is 0 Å². The van der Waals surface area contributed by atoms with Gasteiger partial charge in [0.25, 0.3) is 0 Å². The van der Waals surface area contributed by atoms with Crippen molar-refractivity contribution in [1.29, 1.82) is 0 Å². The van der Waals surface area contributed by atoms with E-state index in [1.165, 1.54) is 12.3 Å². The summed E-state index contributed by atoms with van der Waals surface area (Å²) in [5, 5.41) is 8.87. The second kappa shape index (κ2) is 3.96. The van der Waals surface area contributed by atoms with E-state index >= 15 is 0 Å². The van der Waals surface area contributed by atoms with Crippen LogP contribution in [0.4, 0.5) is 0 Å². The molecule has 0 spiro atoms. The number of hydrogen-bond donors (Lipinski definition) is 1. The molecule has 0 aliphatic carbocycles. The van der Waals surface area contributed by atoms with Gasteiger partial charge in [0.1, 0.15) is 0 Å². The lowest BCUT2D eigenvalue weighted by Crippen LogP contribution is -1.96. The number of aromatic nitrogens is 2. The van der Waals surface area contributed by atoms with Crippen molar-refractivity contribution < 1.29 is 14.3 Å². The SMILES string of the molecule is O=C(O)c1cnc2nc(-c3ccccc3)oc2c1. The van der Waals surface area contributed by atoms with Gasteiger partial charge < -0.3 is 9.52 Å². The van der Waals surface area contributed by atoms with Crippen LogP contribution < -0.4 is 0 Å². The highest BCUT2D eigenvalue weighted by Gasteiger charge is 2.11. The smallest absolute Gasteiger partial charge is 0.337 e. The van der Waals surface area contributed by atoms with Gasteiger partial charge in [0.2, 0.25) is 5.89 Å². The summed E-state index contributed by atoms with van der Waals surface area (Å²) in [5.74, 6) is -0.609. The number of rotatable bonds is 2. The number of carboxylic acids is 1. The van der Waals surface area contributed by atoms with Crippen LogP contribution in [0, 0.1) is 0 Å². The highest BCUT2D eigenvalue weighted by molar-refractivity contribution is 5.90. The van der Waals surface area contributed by atoms with Crippen molar-refractivity contribution in [3.63, 3.8) is 0 Å². The highest BCUT2D eigenvalue weighted by Crippen LogP contribution is 2.23. The van der Waals surface area contributed by atoms with E-state index in [0.717, 1.165) is 5.56 Å². The zero-order valence-electron chi connectivity index (χ0n) is 9.20. The minimum absolute atomic E-state index is 0.0817. The first-order chi connectivity index (χ1) is 8.74. The Balaban J connectivity index is 2.14. The number of carbonyl (C=O) groups is 1. The van der Waals surface area contributed by atoms with Gasteiger partial charge in [-0.1, -0.05) is 18.2 Å². The number of carboxylic acid groups (broad SMARTS) is 1. The lowest BCUT2D eigenvalue weighted by Gasteiger charge is -1.92. The number of fused-ring (bicyclic) bond motifs is 1. The second-order valence-corrected chi connectivity index (χ2v) is 3.74. The number of hydrogen-bond acceptors (Lipinski definition) is 4. The molecule has 3 rings (SSSR count). The molecule has 18 heavy (non-hydrogen) atoms.